The van der Waals surface area contributed by atoms with E-state index in [1.165, 1.54) is 5.56 Å². The van der Waals surface area contributed by atoms with E-state index < -0.39 is 11.8 Å². The van der Waals surface area contributed by atoms with E-state index in [0.29, 0.717) is 30.4 Å². The third kappa shape index (κ3) is 7.37. The van der Waals surface area contributed by atoms with Gasteiger partial charge in [-0.05, 0) is 60.7 Å². The van der Waals surface area contributed by atoms with Crippen LogP contribution < -0.4 is 15.5 Å². The summed E-state index contributed by atoms with van der Waals surface area (Å²) >= 11 is 0. The van der Waals surface area contributed by atoms with Crippen molar-refractivity contribution in [2.75, 3.05) is 13.2 Å². The summed E-state index contributed by atoms with van der Waals surface area (Å²) in [5.74, 6) is 0.187. The van der Waals surface area contributed by atoms with Crippen molar-refractivity contribution in [2.45, 2.75) is 34.1 Å². The number of rotatable bonds is 10. The van der Waals surface area contributed by atoms with Gasteiger partial charge in [0, 0.05) is 5.56 Å². The first-order chi connectivity index (χ1) is 14.4. The first-order valence-electron chi connectivity index (χ1n) is 10.2. The Morgan fingerprint density at radius 2 is 1.67 bits per heavy atom. The molecule has 0 radical (unpaired) electrons. The summed E-state index contributed by atoms with van der Waals surface area (Å²) in [5, 5.41) is 2.68. The van der Waals surface area contributed by atoms with Crippen molar-refractivity contribution in [1.29, 1.82) is 0 Å². The lowest BCUT2D eigenvalue weighted by Gasteiger charge is -2.12. The van der Waals surface area contributed by atoms with Crippen LogP contribution in [0.15, 0.2) is 54.2 Å². The number of aryl methyl sites for hydroxylation is 1. The largest absolute Gasteiger partial charge is 0.493 e. The zero-order valence-corrected chi connectivity index (χ0v) is 18.0. The quantitative estimate of drug-likeness (QED) is 0.456. The van der Waals surface area contributed by atoms with E-state index in [1.807, 2.05) is 24.3 Å². The number of ether oxygens (including phenoxy) is 1. The Morgan fingerprint density at radius 3 is 2.23 bits per heavy atom. The minimum absolute atomic E-state index is 0.0952. The number of carbonyl (C=O) groups excluding carboxylic acids is 2. The van der Waals surface area contributed by atoms with Gasteiger partial charge in [-0.3, -0.25) is 14.4 Å². The topological polar surface area (TPSA) is 76.7 Å². The van der Waals surface area contributed by atoms with Crippen molar-refractivity contribution in [1.82, 2.24) is 10.8 Å². The van der Waals surface area contributed by atoms with E-state index in [9.17, 15) is 9.59 Å². The van der Waals surface area contributed by atoms with E-state index in [1.54, 1.807) is 37.3 Å². The number of hydrogen-bond donors (Lipinski definition) is 2. The number of hydrogen-bond acceptors (Lipinski definition) is 4. The molecule has 0 aliphatic rings. The van der Waals surface area contributed by atoms with Crippen LogP contribution in [-0.2, 0) is 16.1 Å². The molecule has 0 fully saturated rings. The Labute approximate surface area is 178 Å². The predicted octanol–water partition coefficient (Wildman–Crippen LogP) is 4.12. The molecule has 0 bridgehead atoms. The van der Waals surface area contributed by atoms with Crippen LogP contribution in [0.5, 0.6) is 5.75 Å². The fourth-order valence-electron chi connectivity index (χ4n) is 2.53. The number of benzene rings is 2. The van der Waals surface area contributed by atoms with E-state index in [2.05, 4.69) is 31.6 Å². The van der Waals surface area contributed by atoms with Crippen LogP contribution in [0, 0.1) is 5.92 Å². The Hall–Kier alpha value is -3.12. The van der Waals surface area contributed by atoms with Crippen molar-refractivity contribution in [3.8, 4) is 5.75 Å². The van der Waals surface area contributed by atoms with Crippen molar-refractivity contribution < 1.29 is 19.2 Å². The zero-order valence-electron chi connectivity index (χ0n) is 18.0. The van der Waals surface area contributed by atoms with Crippen LogP contribution in [-0.4, -0.2) is 25.0 Å². The summed E-state index contributed by atoms with van der Waals surface area (Å²) in [4.78, 5) is 30.1. The molecule has 0 atom stereocenters. The van der Waals surface area contributed by atoms with Gasteiger partial charge in [-0.15, -0.1) is 0 Å². The number of carbonyl (C=O) groups is 2. The molecule has 2 N–H and O–H groups in total. The summed E-state index contributed by atoms with van der Waals surface area (Å²) in [7, 11) is 0. The number of nitrogens with one attached hydrogen (secondary N) is 2. The lowest BCUT2D eigenvalue weighted by molar-refractivity contribution is -0.129. The van der Waals surface area contributed by atoms with Gasteiger partial charge in [-0.1, -0.05) is 45.0 Å². The maximum absolute atomic E-state index is 12.7. The molecule has 0 aliphatic carbocycles. The van der Waals surface area contributed by atoms with E-state index >= 15 is 0 Å². The normalized spacial score (nSPS) is 11.3. The molecule has 2 aromatic rings. The minimum atomic E-state index is -0.526. The van der Waals surface area contributed by atoms with Gasteiger partial charge < -0.3 is 10.1 Å². The SMILES string of the molecule is CCONC(=O)/C(=C/c1ccc(CC)cc1)NC(=O)c1ccc(OCC(C)C)cc1. The summed E-state index contributed by atoms with van der Waals surface area (Å²) < 4.78 is 5.64. The Bertz CT molecular complexity index is 856. The van der Waals surface area contributed by atoms with Gasteiger partial charge in [0.25, 0.3) is 11.8 Å². The van der Waals surface area contributed by atoms with Crippen molar-refractivity contribution in [3.63, 3.8) is 0 Å². The second-order valence-corrected chi connectivity index (χ2v) is 7.20. The predicted molar refractivity (Wildman–Crippen MR) is 118 cm³/mol. The molecule has 6 nitrogen and oxygen atoms in total. The first-order valence-corrected chi connectivity index (χ1v) is 10.2. The average Bonchev–Trinajstić information content (AvgIpc) is 2.76. The molecule has 0 spiro atoms. The molecule has 0 aliphatic heterocycles. The lowest BCUT2D eigenvalue weighted by atomic mass is 10.1. The summed E-state index contributed by atoms with van der Waals surface area (Å²) in [6.45, 7) is 8.89. The highest BCUT2D eigenvalue weighted by molar-refractivity contribution is 6.05. The maximum Gasteiger partial charge on any atom is 0.291 e. The first kappa shape index (κ1) is 23.2. The van der Waals surface area contributed by atoms with Gasteiger partial charge in [0.15, 0.2) is 0 Å². The average molecular weight is 411 g/mol. The molecule has 2 rings (SSSR count). The molecular weight excluding hydrogens is 380 g/mol. The molecule has 0 aromatic heterocycles. The molecule has 2 amide bonds. The summed E-state index contributed by atoms with van der Waals surface area (Å²) in [6, 6.07) is 14.6. The fraction of sp³-hybridized carbons (Fsp3) is 0.333. The highest BCUT2D eigenvalue weighted by Gasteiger charge is 2.15. The van der Waals surface area contributed by atoms with E-state index in [0.717, 1.165) is 12.0 Å². The third-order valence-corrected chi connectivity index (χ3v) is 4.20. The number of hydroxylamine groups is 1. The molecule has 0 saturated heterocycles. The minimum Gasteiger partial charge on any atom is -0.493 e. The molecule has 0 saturated carbocycles. The Balaban J connectivity index is 2.16. The Kier molecular flexibility index (Phi) is 9.09. The van der Waals surface area contributed by atoms with Gasteiger partial charge in [-0.2, -0.15) is 0 Å². The molecular formula is C24H30N2O4. The summed E-state index contributed by atoms with van der Waals surface area (Å²) in [6.07, 6.45) is 2.54. The molecule has 2 aromatic carbocycles. The highest BCUT2D eigenvalue weighted by atomic mass is 16.6. The van der Waals surface area contributed by atoms with Gasteiger partial charge in [0.2, 0.25) is 0 Å². The standard InChI is InChI=1S/C24H30N2O4/c1-5-18-7-9-19(10-8-18)15-22(24(28)26-30-6-2)25-23(27)20-11-13-21(14-12-20)29-16-17(3)4/h7-15,17H,5-6,16H2,1-4H3,(H,25,27)(H,26,28)/b22-15-. The maximum atomic E-state index is 12.7. The smallest absolute Gasteiger partial charge is 0.291 e. The van der Waals surface area contributed by atoms with Crippen LogP contribution in [0.3, 0.4) is 0 Å². The number of amides is 2. The summed E-state index contributed by atoms with van der Waals surface area (Å²) in [5.41, 5.74) is 4.83. The van der Waals surface area contributed by atoms with Crippen molar-refractivity contribution in [3.05, 3.63) is 70.9 Å². The highest BCUT2D eigenvalue weighted by Crippen LogP contribution is 2.14. The van der Waals surface area contributed by atoms with Crippen molar-refractivity contribution in [2.24, 2.45) is 5.92 Å². The zero-order chi connectivity index (χ0) is 21.9. The van der Waals surface area contributed by atoms with Crippen molar-refractivity contribution >= 4 is 17.9 Å². The third-order valence-electron chi connectivity index (χ3n) is 4.20. The molecule has 160 valence electrons. The fourth-order valence-corrected chi connectivity index (χ4v) is 2.53. The second kappa shape index (κ2) is 11.8. The van der Waals surface area contributed by atoms with E-state index in [-0.39, 0.29) is 5.70 Å². The van der Waals surface area contributed by atoms with Gasteiger partial charge in [-0.25, -0.2) is 5.48 Å². The molecule has 0 heterocycles. The van der Waals surface area contributed by atoms with Gasteiger partial charge in [0.05, 0.1) is 13.2 Å². The monoisotopic (exact) mass is 410 g/mol. The second-order valence-electron chi connectivity index (χ2n) is 7.20. The van der Waals surface area contributed by atoms with Gasteiger partial charge >= 0.3 is 0 Å². The van der Waals surface area contributed by atoms with Crippen LogP contribution in [0.4, 0.5) is 0 Å². The lowest BCUT2D eigenvalue weighted by Crippen LogP contribution is -2.34. The van der Waals surface area contributed by atoms with E-state index in [4.69, 9.17) is 9.57 Å². The molecule has 0 unspecified atom stereocenters. The molecule has 6 heteroatoms. The Morgan fingerprint density at radius 1 is 1.00 bits per heavy atom. The van der Waals surface area contributed by atoms with Crippen LogP contribution >= 0.6 is 0 Å². The van der Waals surface area contributed by atoms with Gasteiger partial charge in [0.1, 0.15) is 11.4 Å². The van der Waals surface area contributed by atoms with Crippen LogP contribution in [0.25, 0.3) is 6.08 Å². The van der Waals surface area contributed by atoms with Crippen LogP contribution in [0.2, 0.25) is 0 Å². The van der Waals surface area contributed by atoms with Crippen LogP contribution in [0.1, 0.15) is 49.2 Å². The molecule has 30 heavy (non-hydrogen) atoms.